The number of anilines is 2. The molecule has 0 radical (unpaired) electrons. The van der Waals surface area contributed by atoms with E-state index in [9.17, 15) is 8.78 Å². The Morgan fingerprint density at radius 3 is 2.76 bits per heavy atom. The molecule has 0 unspecified atom stereocenters. The number of rotatable bonds is 5. The minimum Gasteiger partial charge on any atom is -0.368 e. The summed E-state index contributed by atoms with van der Waals surface area (Å²) in [4.78, 5) is 12.6. The second-order valence-electron chi connectivity index (χ2n) is 6.88. The molecule has 0 atom stereocenters. The topological polar surface area (TPSA) is 112 Å². The summed E-state index contributed by atoms with van der Waals surface area (Å²) in [5, 5.41) is 11.5. The third kappa shape index (κ3) is 3.58. The fraction of sp³-hybridized carbons (Fsp3) is 0.278. The Morgan fingerprint density at radius 2 is 2.03 bits per heavy atom. The predicted octanol–water partition coefficient (Wildman–Crippen LogP) is 2.95. The summed E-state index contributed by atoms with van der Waals surface area (Å²) in [6.07, 6.45) is 2.64. The Bertz CT molecular complexity index is 1280. The molecule has 0 fully saturated rings. The van der Waals surface area contributed by atoms with Crippen LogP contribution < -0.4 is 11.1 Å². The Kier molecular flexibility index (Phi) is 3.57. The number of benzene rings is 1. The van der Waals surface area contributed by atoms with E-state index >= 15 is 0 Å². The SMILES string of the molecule is [2H]C([2H])([2H])n1ncc2ccc(-c3nc(N)nc(NC(C)(C)c4ccn(C(F)F)n4)n3)cc21. The molecule has 0 saturated heterocycles. The van der Waals surface area contributed by atoms with Crippen molar-refractivity contribution in [3.05, 3.63) is 42.4 Å². The Balaban J connectivity index is 1.70. The number of nitrogens with one attached hydrogen (secondary N) is 1. The average Bonchev–Trinajstić information content (AvgIpc) is 3.34. The van der Waals surface area contributed by atoms with Gasteiger partial charge in [-0.05, 0) is 26.0 Å². The molecule has 4 aromatic rings. The highest BCUT2D eigenvalue weighted by Gasteiger charge is 2.26. The van der Waals surface area contributed by atoms with Gasteiger partial charge in [0.25, 0.3) is 0 Å². The molecule has 9 nitrogen and oxygen atoms in total. The first-order valence-corrected chi connectivity index (χ1v) is 8.56. The smallest absolute Gasteiger partial charge is 0.333 e. The zero-order valence-corrected chi connectivity index (χ0v) is 15.5. The molecule has 0 spiro atoms. The van der Waals surface area contributed by atoms with Crippen molar-refractivity contribution in [1.82, 2.24) is 34.5 Å². The highest BCUT2D eigenvalue weighted by Crippen LogP contribution is 2.26. The minimum absolute atomic E-state index is 0.0733. The molecule has 0 aliphatic carbocycles. The van der Waals surface area contributed by atoms with Crippen LogP contribution in [0.4, 0.5) is 20.7 Å². The van der Waals surface area contributed by atoms with Crippen molar-refractivity contribution in [1.29, 1.82) is 0 Å². The largest absolute Gasteiger partial charge is 0.368 e. The second kappa shape index (κ2) is 6.76. The predicted molar refractivity (Wildman–Crippen MR) is 104 cm³/mol. The molecule has 0 aliphatic rings. The molecule has 1 aromatic carbocycles. The van der Waals surface area contributed by atoms with Crippen LogP contribution in [0.5, 0.6) is 0 Å². The Hall–Kier alpha value is -3.63. The molecule has 0 amide bonds. The maximum atomic E-state index is 12.9. The van der Waals surface area contributed by atoms with Crippen molar-refractivity contribution in [2.24, 2.45) is 6.98 Å². The summed E-state index contributed by atoms with van der Waals surface area (Å²) in [6.45, 7) is -1.74. The number of aromatic nitrogens is 7. The molecule has 3 aromatic heterocycles. The van der Waals surface area contributed by atoms with E-state index in [1.807, 2.05) is 0 Å². The molecule has 0 saturated carbocycles. The summed E-state index contributed by atoms with van der Waals surface area (Å²) >= 11 is 0. The Labute approximate surface area is 168 Å². The molecule has 29 heavy (non-hydrogen) atoms. The lowest BCUT2D eigenvalue weighted by Crippen LogP contribution is -2.30. The average molecular weight is 402 g/mol. The van der Waals surface area contributed by atoms with E-state index in [0.717, 1.165) is 4.68 Å². The molecule has 3 heterocycles. The number of hydrogen-bond acceptors (Lipinski definition) is 7. The van der Waals surface area contributed by atoms with Crippen molar-refractivity contribution in [2.75, 3.05) is 11.1 Å². The van der Waals surface area contributed by atoms with Crippen molar-refractivity contribution in [3.63, 3.8) is 0 Å². The maximum absolute atomic E-state index is 12.9. The minimum atomic E-state index is -2.75. The monoisotopic (exact) mass is 402 g/mol. The molecule has 0 aliphatic heterocycles. The third-order valence-electron chi connectivity index (χ3n) is 4.35. The molecule has 4 rings (SSSR count). The van der Waals surface area contributed by atoms with E-state index < -0.39 is 19.1 Å². The number of nitrogen functional groups attached to an aromatic ring is 1. The van der Waals surface area contributed by atoms with E-state index in [2.05, 4.69) is 30.5 Å². The number of hydrogen-bond donors (Lipinski definition) is 2. The van der Waals surface area contributed by atoms with Gasteiger partial charge in [0.1, 0.15) is 0 Å². The van der Waals surface area contributed by atoms with Crippen molar-refractivity contribution >= 4 is 22.8 Å². The van der Waals surface area contributed by atoms with E-state index in [0.29, 0.717) is 26.8 Å². The number of nitrogens with zero attached hydrogens (tertiary/aromatic N) is 7. The zero-order valence-electron chi connectivity index (χ0n) is 18.5. The van der Waals surface area contributed by atoms with Gasteiger partial charge in [-0.15, -0.1) is 0 Å². The summed E-state index contributed by atoms with van der Waals surface area (Å²) in [5.74, 6) is 0.235. The van der Waals surface area contributed by atoms with Crippen LogP contribution in [-0.2, 0) is 12.5 Å². The van der Waals surface area contributed by atoms with Gasteiger partial charge < -0.3 is 11.1 Å². The van der Waals surface area contributed by atoms with Gasteiger partial charge in [0.15, 0.2) is 5.82 Å². The van der Waals surface area contributed by atoms with Crippen LogP contribution in [0, 0.1) is 0 Å². The highest BCUT2D eigenvalue weighted by atomic mass is 19.3. The van der Waals surface area contributed by atoms with Gasteiger partial charge in [0, 0.05) is 28.2 Å². The highest BCUT2D eigenvalue weighted by molar-refractivity contribution is 5.83. The van der Waals surface area contributed by atoms with Crippen LogP contribution in [0.3, 0.4) is 0 Å². The number of aryl methyl sites for hydroxylation is 1. The first-order chi connectivity index (χ1) is 14.9. The van der Waals surface area contributed by atoms with Crippen molar-refractivity contribution < 1.29 is 12.9 Å². The van der Waals surface area contributed by atoms with Gasteiger partial charge >= 0.3 is 6.55 Å². The standard InChI is InChI=1S/C18H19F2N9/c1-18(2,13-6-7-29(27-13)15(19)20)26-17-24-14(23-16(21)25-17)10-4-5-11-9-22-28(3)12(11)8-10/h4-9,15H,1-3H3,(H3,21,23,24,25,26)/i3D3. The molecule has 3 N–H and O–H groups in total. The van der Waals surface area contributed by atoms with Gasteiger partial charge in [-0.25, -0.2) is 4.68 Å². The fourth-order valence-corrected chi connectivity index (χ4v) is 2.86. The van der Waals surface area contributed by atoms with E-state index in [4.69, 9.17) is 9.85 Å². The molecule has 150 valence electrons. The van der Waals surface area contributed by atoms with E-state index in [-0.39, 0.29) is 17.7 Å². The first kappa shape index (κ1) is 15.3. The summed E-state index contributed by atoms with van der Waals surface area (Å²) in [7, 11) is 0. The second-order valence-corrected chi connectivity index (χ2v) is 6.88. The van der Waals surface area contributed by atoms with Gasteiger partial charge in [0.05, 0.1) is 22.9 Å². The normalized spacial score (nSPS) is 14.0. The lowest BCUT2D eigenvalue weighted by Gasteiger charge is -2.24. The zero-order chi connectivity index (χ0) is 23.3. The molecular formula is C18H19F2N9. The summed E-state index contributed by atoms with van der Waals surface area (Å²) in [5.41, 5.74) is 6.19. The van der Waals surface area contributed by atoms with E-state index in [1.54, 1.807) is 32.0 Å². The number of alkyl halides is 2. The lowest BCUT2D eigenvalue weighted by atomic mass is 10.0. The van der Waals surface area contributed by atoms with Crippen LogP contribution >= 0.6 is 0 Å². The molecular weight excluding hydrogens is 380 g/mol. The van der Waals surface area contributed by atoms with Crippen LogP contribution in [-0.4, -0.2) is 34.5 Å². The maximum Gasteiger partial charge on any atom is 0.333 e. The van der Waals surface area contributed by atoms with Crippen LogP contribution in [0.15, 0.2) is 36.7 Å². The number of halogens is 2. The quantitative estimate of drug-likeness (QED) is 0.528. The number of fused-ring (bicyclic) bond motifs is 1. The molecule has 11 heteroatoms. The van der Waals surface area contributed by atoms with Crippen LogP contribution in [0.2, 0.25) is 0 Å². The summed E-state index contributed by atoms with van der Waals surface area (Å²) < 4.78 is 50.1. The van der Waals surface area contributed by atoms with Gasteiger partial charge in [-0.3, -0.25) is 4.68 Å². The lowest BCUT2D eigenvalue weighted by molar-refractivity contribution is 0.0558. The number of nitrogens with two attached hydrogens (primary N) is 1. The van der Waals surface area contributed by atoms with Gasteiger partial charge in [-0.1, -0.05) is 12.1 Å². The van der Waals surface area contributed by atoms with Crippen molar-refractivity contribution in [2.45, 2.75) is 25.9 Å². The summed E-state index contributed by atoms with van der Waals surface area (Å²) in [6, 6.07) is 6.48. The Morgan fingerprint density at radius 1 is 1.21 bits per heavy atom. The third-order valence-corrected chi connectivity index (χ3v) is 4.35. The van der Waals surface area contributed by atoms with Gasteiger partial charge in [0.2, 0.25) is 11.9 Å². The van der Waals surface area contributed by atoms with Crippen LogP contribution in [0.25, 0.3) is 22.3 Å². The van der Waals surface area contributed by atoms with E-state index in [1.165, 1.54) is 18.5 Å². The van der Waals surface area contributed by atoms with Crippen LogP contribution in [0.1, 0.15) is 30.2 Å². The fourth-order valence-electron chi connectivity index (χ4n) is 2.86. The van der Waals surface area contributed by atoms with Crippen molar-refractivity contribution in [3.8, 4) is 11.4 Å². The first-order valence-electron chi connectivity index (χ1n) is 10.1. The molecule has 0 bridgehead atoms. The van der Waals surface area contributed by atoms with Gasteiger partial charge in [-0.2, -0.15) is 33.9 Å².